The van der Waals surface area contributed by atoms with E-state index in [1.807, 2.05) is 25.1 Å². The molecule has 21 heavy (non-hydrogen) atoms. The number of sulfone groups is 1. The van der Waals surface area contributed by atoms with Crippen molar-refractivity contribution in [1.82, 2.24) is 5.32 Å². The third-order valence-electron chi connectivity index (χ3n) is 3.17. The molecule has 1 aromatic heterocycles. The van der Waals surface area contributed by atoms with Gasteiger partial charge in [0.15, 0.2) is 9.84 Å². The van der Waals surface area contributed by atoms with E-state index in [1.54, 1.807) is 29.5 Å². The zero-order valence-corrected chi connectivity index (χ0v) is 14.4. The molecule has 1 aromatic carbocycles. The first-order chi connectivity index (χ1) is 9.90. The van der Waals surface area contributed by atoms with Gasteiger partial charge in [-0.25, -0.2) is 8.42 Å². The van der Waals surface area contributed by atoms with Crippen molar-refractivity contribution in [3.05, 3.63) is 51.2 Å². The molecule has 0 saturated carbocycles. The van der Waals surface area contributed by atoms with Crippen LogP contribution in [0, 0.1) is 0 Å². The molecule has 0 fully saturated rings. The number of benzene rings is 1. The minimum atomic E-state index is -3.19. The Bertz CT molecular complexity index is 710. The average Bonchev–Trinajstić information content (AvgIpc) is 2.83. The van der Waals surface area contributed by atoms with Crippen LogP contribution in [0.5, 0.6) is 0 Å². The third-order valence-corrected chi connectivity index (χ3v) is 5.54. The van der Waals surface area contributed by atoms with Gasteiger partial charge in [-0.15, -0.1) is 11.3 Å². The normalized spacial score (nSPS) is 13.3. The number of nitrogens with one attached hydrogen (secondary N) is 1. The van der Waals surface area contributed by atoms with Gasteiger partial charge in [-0.3, -0.25) is 0 Å². The molecule has 2 rings (SSSR count). The summed E-state index contributed by atoms with van der Waals surface area (Å²) in [6, 6.07) is 11.1. The number of likely N-dealkylation sites (N-methyl/N-ethyl adjacent to an activating group) is 1. The van der Waals surface area contributed by atoms with Crippen LogP contribution in [0.2, 0.25) is 4.34 Å². The number of thiophene rings is 1. The molecular weight excluding hydrogens is 326 g/mol. The van der Waals surface area contributed by atoms with Gasteiger partial charge in [0.05, 0.1) is 9.23 Å². The van der Waals surface area contributed by atoms with E-state index in [0.717, 1.165) is 22.9 Å². The maximum absolute atomic E-state index is 11.7. The van der Waals surface area contributed by atoms with Crippen LogP contribution < -0.4 is 5.32 Å². The zero-order chi connectivity index (χ0) is 15.5. The lowest BCUT2D eigenvalue weighted by molar-refractivity contribution is 0.551. The van der Waals surface area contributed by atoms with Crippen LogP contribution >= 0.6 is 22.9 Å². The highest BCUT2D eigenvalue weighted by atomic mass is 35.5. The molecule has 0 aliphatic rings. The molecule has 114 valence electrons. The van der Waals surface area contributed by atoms with E-state index in [9.17, 15) is 8.42 Å². The van der Waals surface area contributed by atoms with Crippen molar-refractivity contribution in [3.8, 4) is 0 Å². The molecule has 0 radical (unpaired) electrons. The molecule has 1 heterocycles. The van der Waals surface area contributed by atoms with E-state index >= 15 is 0 Å². The van der Waals surface area contributed by atoms with Crippen LogP contribution in [0.1, 0.15) is 23.4 Å². The second kappa shape index (κ2) is 6.92. The largest absolute Gasteiger partial charge is 0.310 e. The van der Waals surface area contributed by atoms with E-state index in [0.29, 0.717) is 4.90 Å². The van der Waals surface area contributed by atoms with Gasteiger partial charge in [0.2, 0.25) is 0 Å². The number of hydrogen-bond acceptors (Lipinski definition) is 4. The quantitative estimate of drug-likeness (QED) is 0.869. The van der Waals surface area contributed by atoms with Crippen LogP contribution in [0.3, 0.4) is 0 Å². The summed E-state index contributed by atoms with van der Waals surface area (Å²) in [5.41, 5.74) is 0.976. The van der Waals surface area contributed by atoms with Gasteiger partial charge in [0, 0.05) is 23.6 Å². The van der Waals surface area contributed by atoms with Gasteiger partial charge in [-0.2, -0.15) is 0 Å². The first-order valence-electron chi connectivity index (χ1n) is 6.67. The van der Waals surface area contributed by atoms with Gasteiger partial charge in [0.1, 0.15) is 0 Å². The maximum atomic E-state index is 11.7. The second-order valence-electron chi connectivity index (χ2n) is 4.86. The summed E-state index contributed by atoms with van der Waals surface area (Å²) >= 11 is 7.52. The second-order valence-corrected chi connectivity index (χ2v) is 8.68. The van der Waals surface area contributed by atoms with Crippen LogP contribution in [-0.2, 0) is 16.3 Å². The van der Waals surface area contributed by atoms with E-state index < -0.39 is 9.84 Å². The smallest absolute Gasteiger partial charge is 0.175 e. The minimum absolute atomic E-state index is 0.0754. The Balaban J connectivity index is 2.29. The summed E-state index contributed by atoms with van der Waals surface area (Å²) in [6.45, 7) is 2.85. The Morgan fingerprint density at radius 3 is 2.62 bits per heavy atom. The number of halogens is 1. The molecule has 0 amide bonds. The summed E-state index contributed by atoms with van der Waals surface area (Å²) in [5.74, 6) is 0. The molecule has 0 aliphatic carbocycles. The topological polar surface area (TPSA) is 46.2 Å². The van der Waals surface area contributed by atoms with Crippen LogP contribution in [0.15, 0.2) is 41.3 Å². The summed E-state index contributed by atoms with van der Waals surface area (Å²) in [5, 5.41) is 3.40. The highest BCUT2D eigenvalue weighted by molar-refractivity contribution is 7.90. The summed E-state index contributed by atoms with van der Waals surface area (Å²) < 4.78 is 24.2. The summed E-state index contributed by atoms with van der Waals surface area (Å²) in [4.78, 5) is 1.53. The molecular formula is C15H18ClNO2S2. The lowest BCUT2D eigenvalue weighted by Crippen LogP contribution is -2.22. The predicted molar refractivity (Wildman–Crippen MR) is 89.0 cm³/mol. The number of rotatable bonds is 6. The minimum Gasteiger partial charge on any atom is -0.310 e. The Hall–Kier alpha value is -0.880. The zero-order valence-electron chi connectivity index (χ0n) is 12.0. The lowest BCUT2D eigenvalue weighted by Gasteiger charge is -2.18. The van der Waals surface area contributed by atoms with Crippen molar-refractivity contribution in [2.24, 2.45) is 0 Å². The van der Waals surface area contributed by atoms with Crippen molar-refractivity contribution >= 4 is 32.8 Å². The van der Waals surface area contributed by atoms with E-state index in [4.69, 9.17) is 11.6 Å². The van der Waals surface area contributed by atoms with Gasteiger partial charge in [0.25, 0.3) is 0 Å². The highest BCUT2D eigenvalue weighted by Gasteiger charge is 2.15. The van der Waals surface area contributed by atoms with Crippen LogP contribution in [0.25, 0.3) is 0 Å². The van der Waals surface area contributed by atoms with E-state index in [-0.39, 0.29) is 6.04 Å². The molecule has 3 nitrogen and oxygen atoms in total. The Morgan fingerprint density at radius 1 is 1.29 bits per heavy atom. The first-order valence-corrected chi connectivity index (χ1v) is 9.76. The molecule has 0 saturated heterocycles. The van der Waals surface area contributed by atoms with Gasteiger partial charge < -0.3 is 5.32 Å². The Morgan fingerprint density at radius 2 is 2.05 bits per heavy atom. The molecule has 2 aromatic rings. The van der Waals surface area contributed by atoms with Crippen molar-refractivity contribution in [1.29, 1.82) is 0 Å². The van der Waals surface area contributed by atoms with E-state index in [1.165, 1.54) is 11.1 Å². The van der Waals surface area contributed by atoms with Crippen molar-refractivity contribution in [2.75, 3.05) is 12.8 Å². The molecule has 1 unspecified atom stereocenters. The van der Waals surface area contributed by atoms with Crippen molar-refractivity contribution < 1.29 is 8.42 Å². The highest BCUT2D eigenvalue weighted by Crippen LogP contribution is 2.27. The molecule has 0 bridgehead atoms. The van der Waals surface area contributed by atoms with Crippen molar-refractivity contribution in [3.63, 3.8) is 0 Å². The predicted octanol–water partition coefficient (Wildman–Crippen LogP) is 3.70. The molecule has 0 spiro atoms. The first kappa shape index (κ1) is 16.5. The SMILES string of the molecule is CCNC(Cc1ccc(Cl)s1)c1cccc(S(C)(=O)=O)c1. The Kier molecular flexibility index (Phi) is 5.43. The van der Waals surface area contributed by atoms with Gasteiger partial charge in [-0.05, 0) is 36.4 Å². The van der Waals surface area contributed by atoms with Gasteiger partial charge in [-0.1, -0.05) is 30.7 Å². The van der Waals surface area contributed by atoms with Crippen molar-refractivity contribution in [2.45, 2.75) is 24.3 Å². The fourth-order valence-corrected chi connectivity index (χ4v) is 3.99. The summed E-state index contributed by atoms with van der Waals surface area (Å²) in [7, 11) is -3.19. The average molecular weight is 344 g/mol. The fraction of sp³-hybridized carbons (Fsp3) is 0.333. The van der Waals surface area contributed by atoms with Crippen LogP contribution in [0.4, 0.5) is 0 Å². The van der Waals surface area contributed by atoms with E-state index in [2.05, 4.69) is 5.32 Å². The molecule has 0 aliphatic heterocycles. The standard InChI is InChI=1S/C15H18ClNO2S2/c1-3-17-14(10-12-7-8-15(16)20-12)11-5-4-6-13(9-11)21(2,18)19/h4-9,14,17H,3,10H2,1-2H3. The molecule has 1 atom stereocenters. The summed E-state index contributed by atoms with van der Waals surface area (Å²) in [6.07, 6.45) is 2.02. The number of hydrogen-bond donors (Lipinski definition) is 1. The van der Waals surface area contributed by atoms with Gasteiger partial charge >= 0.3 is 0 Å². The third kappa shape index (κ3) is 4.54. The maximum Gasteiger partial charge on any atom is 0.175 e. The molecule has 1 N–H and O–H groups in total. The van der Waals surface area contributed by atoms with Crippen LogP contribution in [-0.4, -0.2) is 21.2 Å². The Labute approximate surface area is 134 Å². The monoisotopic (exact) mass is 343 g/mol. The lowest BCUT2D eigenvalue weighted by atomic mass is 10.0. The fourth-order valence-electron chi connectivity index (χ4n) is 2.18. The molecule has 6 heteroatoms.